The van der Waals surface area contributed by atoms with Crippen molar-refractivity contribution in [3.05, 3.63) is 23.8 Å². The second-order valence-electron chi connectivity index (χ2n) is 2.94. The Morgan fingerprint density at radius 2 is 2.07 bits per heavy atom. The van der Waals surface area contributed by atoms with Gasteiger partial charge < -0.3 is 15.8 Å². The summed E-state index contributed by atoms with van der Waals surface area (Å²) >= 11 is 0. The van der Waals surface area contributed by atoms with Crippen LogP contribution in [-0.2, 0) is 9.53 Å². The van der Waals surface area contributed by atoms with Gasteiger partial charge in [0.15, 0.2) is 0 Å². The topological polar surface area (TPSA) is 81.4 Å². The lowest BCUT2D eigenvalue weighted by molar-refractivity contribution is -0.114. The third kappa shape index (κ3) is 2.46. The van der Waals surface area contributed by atoms with Crippen molar-refractivity contribution in [1.29, 1.82) is 0 Å². The van der Waals surface area contributed by atoms with E-state index in [0.717, 1.165) is 0 Å². The van der Waals surface area contributed by atoms with Crippen molar-refractivity contribution < 1.29 is 14.3 Å². The van der Waals surface area contributed by atoms with E-state index in [2.05, 4.69) is 10.1 Å². The van der Waals surface area contributed by atoms with Crippen LogP contribution < -0.4 is 11.1 Å². The molecule has 1 aromatic carbocycles. The fourth-order valence-corrected chi connectivity index (χ4v) is 1.19. The molecule has 80 valence electrons. The van der Waals surface area contributed by atoms with E-state index < -0.39 is 5.97 Å². The molecule has 0 aliphatic rings. The standard InChI is InChI=1S/C10H12N2O3/c1-6(13)12-8-5-3-4-7(11)9(8)10(14)15-2/h3-5H,11H2,1-2H3,(H,12,13). The highest BCUT2D eigenvalue weighted by Crippen LogP contribution is 2.22. The number of nitrogens with one attached hydrogen (secondary N) is 1. The smallest absolute Gasteiger partial charge is 0.342 e. The zero-order chi connectivity index (χ0) is 11.4. The highest BCUT2D eigenvalue weighted by Gasteiger charge is 2.15. The number of nitrogen functional groups attached to an aromatic ring is 1. The Kier molecular flexibility index (Phi) is 3.28. The summed E-state index contributed by atoms with van der Waals surface area (Å²) < 4.78 is 4.57. The average molecular weight is 208 g/mol. The summed E-state index contributed by atoms with van der Waals surface area (Å²) in [7, 11) is 1.26. The number of amides is 1. The number of hydrogen-bond donors (Lipinski definition) is 2. The van der Waals surface area contributed by atoms with Crippen molar-refractivity contribution in [1.82, 2.24) is 0 Å². The van der Waals surface area contributed by atoms with E-state index in [4.69, 9.17) is 5.73 Å². The molecule has 1 rings (SSSR count). The van der Waals surface area contributed by atoms with E-state index in [9.17, 15) is 9.59 Å². The number of benzene rings is 1. The summed E-state index contributed by atoms with van der Waals surface area (Å²) in [5.74, 6) is -0.845. The Balaban J connectivity index is 3.20. The molecule has 0 radical (unpaired) electrons. The molecular weight excluding hydrogens is 196 g/mol. The van der Waals surface area contributed by atoms with Crippen molar-refractivity contribution in [2.75, 3.05) is 18.2 Å². The molecule has 1 amide bonds. The van der Waals surface area contributed by atoms with Gasteiger partial charge in [-0.2, -0.15) is 0 Å². The molecule has 0 aliphatic carbocycles. The summed E-state index contributed by atoms with van der Waals surface area (Å²) in [4.78, 5) is 22.3. The van der Waals surface area contributed by atoms with Gasteiger partial charge in [-0.15, -0.1) is 0 Å². The number of anilines is 2. The van der Waals surface area contributed by atoms with Crippen LogP contribution in [0.5, 0.6) is 0 Å². The van der Waals surface area contributed by atoms with E-state index in [1.807, 2.05) is 0 Å². The van der Waals surface area contributed by atoms with Crippen molar-refractivity contribution in [3.8, 4) is 0 Å². The van der Waals surface area contributed by atoms with Crippen LogP contribution in [0.15, 0.2) is 18.2 Å². The molecule has 0 fully saturated rings. The molecule has 0 atom stereocenters. The van der Waals surface area contributed by atoms with Crippen LogP contribution in [0, 0.1) is 0 Å². The molecule has 0 aliphatic heterocycles. The second-order valence-corrected chi connectivity index (χ2v) is 2.94. The number of esters is 1. The van der Waals surface area contributed by atoms with E-state index in [1.165, 1.54) is 14.0 Å². The van der Waals surface area contributed by atoms with Gasteiger partial charge in [-0.1, -0.05) is 6.07 Å². The number of methoxy groups -OCH3 is 1. The first-order chi connectivity index (χ1) is 7.06. The second kappa shape index (κ2) is 4.45. The van der Waals surface area contributed by atoms with E-state index >= 15 is 0 Å². The minimum Gasteiger partial charge on any atom is -0.465 e. The summed E-state index contributed by atoms with van der Waals surface area (Å²) in [5.41, 5.74) is 6.42. The van der Waals surface area contributed by atoms with Gasteiger partial charge in [-0.3, -0.25) is 4.79 Å². The van der Waals surface area contributed by atoms with Gasteiger partial charge in [-0.05, 0) is 12.1 Å². The maximum absolute atomic E-state index is 11.4. The van der Waals surface area contributed by atoms with Gasteiger partial charge in [-0.25, -0.2) is 4.79 Å². The minimum atomic E-state index is -0.572. The number of carbonyl (C=O) groups excluding carboxylic acids is 2. The number of rotatable bonds is 2. The Morgan fingerprint density at radius 3 is 2.60 bits per heavy atom. The van der Waals surface area contributed by atoms with Crippen LogP contribution in [0.2, 0.25) is 0 Å². The lowest BCUT2D eigenvalue weighted by Crippen LogP contribution is -2.13. The third-order valence-corrected chi connectivity index (χ3v) is 1.80. The normalized spacial score (nSPS) is 9.47. The van der Waals surface area contributed by atoms with E-state index in [1.54, 1.807) is 18.2 Å². The minimum absolute atomic E-state index is 0.176. The lowest BCUT2D eigenvalue weighted by Gasteiger charge is -2.10. The Bertz CT molecular complexity index is 402. The highest BCUT2D eigenvalue weighted by atomic mass is 16.5. The average Bonchev–Trinajstić information content (AvgIpc) is 2.16. The fraction of sp³-hybridized carbons (Fsp3) is 0.200. The molecule has 0 saturated heterocycles. The van der Waals surface area contributed by atoms with Gasteiger partial charge in [0.2, 0.25) is 5.91 Å². The number of carbonyl (C=O) groups is 2. The monoisotopic (exact) mass is 208 g/mol. The molecule has 5 nitrogen and oxygen atoms in total. The first-order valence-electron chi connectivity index (χ1n) is 4.30. The number of ether oxygens (including phenoxy) is 1. The SMILES string of the molecule is COC(=O)c1c(N)cccc1NC(C)=O. The van der Waals surface area contributed by atoms with Crippen LogP contribution in [0.1, 0.15) is 17.3 Å². The van der Waals surface area contributed by atoms with Gasteiger partial charge in [0.1, 0.15) is 5.56 Å². The summed E-state index contributed by atoms with van der Waals surface area (Å²) in [6.07, 6.45) is 0. The predicted octanol–water partition coefficient (Wildman–Crippen LogP) is 1.01. The molecule has 0 unspecified atom stereocenters. The van der Waals surface area contributed by atoms with Crippen molar-refractivity contribution in [3.63, 3.8) is 0 Å². The van der Waals surface area contributed by atoms with Crippen LogP contribution >= 0.6 is 0 Å². The highest BCUT2D eigenvalue weighted by molar-refractivity contribution is 6.04. The summed E-state index contributed by atoms with van der Waals surface area (Å²) in [6, 6.07) is 4.80. The summed E-state index contributed by atoms with van der Waals surface area (Å²) in [6.45, 7) is 1.35. The zero-order valence-corrected chi connectivity index (χ0v) is 8.53. The van der Waals surface area contributed by atoms with Crippen molar-refractivity contribution in [2.45, 2.75) is 6.92 Å². The van der Waals surface area contributed by atoms with E-state index in [0.29, 0.717) is 5.69 Å². The molecule has 15 heavy (non-hydrogen) atoms. The Labute approximate surface area is 87.2 Å². The molecule has 0 saturated carbocycles. The molecule has 3 N–H and O–H groups in total. The van der Waals surface area contributed by atoms with Gasteiger partial charge in [0.25, 0.3) is 0 Å². The Morgan fingerprint density at radius 1 is 1.40 bits per heavy atom. The van der Waals surface area contributed by atoms with Gasteiger partial charge >= 0.3 is 5.97 Å². The first kappa shape index (κ1) is 11.0. The van der Waals surface area contributed by atoms with Crippen LogP contribution in [-0.4, -0.2) is 19.0 Å². The predicted molar refractivity (Wildman–Crippen MR) is 56.5 cm³/mol. The maximum atomic E-state index is 11.4. The summed E-state index contributed by atoms with van der Waals surface area (Å²) in [5, 5.41) is 2.51. The number of nitrogens with two attached hydrogens (primary N) is 1. The molecule has 0 aromatic heterocycles. The largest absolute Gasteiger partial charge is 0.465 e. The molecule has 0 bridgehead atoms. The van der Waals surface area contributed by atoms with Gasteiger partial charge in [0.05, 0.1) is 12.8 Å². The van der Waals surface area contributed by atoms with Crippen molar-refractivity contribution in [2.24, 2.45) is 0 Å². The van der Waals surface area contributed by atoms with Crippen LogP contribution in [0.25, 0.3) is 0 Å². The molecule has 5 heteroatoms. The zero-order valence-electron chi connectivity index (χ0n) is 8.53. The quantitative estimate of drug-likeness (QED) is 0.561. The Hall–Kier alpha value is -2.04. The van der Waals surface area contributed by atoms with E-state index in [-0.39, 0.29) is 17.2 Å². The maximum Gasteiger partial charge on any atom is 0.342 e. The van der Waals surface area contributed by atoms with Crippen molar-refractivity contribution >= 4 is 23.3 Å². The fourth-order valence-electron chi connectivity index (χ4n) is 1.19. The third-order valence-electron chi connectivity index (χ3n) is 1.80. The number of hydrogen-bond acceptors (Lipinski definition) is 4. The van der Waals surface area contributed by atoms with Crippen LogP contribution in [0.4, 0.5) is 11.4 Å². The van der Waals surface area contributed by atoms with Crippen LogP contribution in [0.3, 0.4) is 0 Å². The molecule has 1 aromatic rings. The first-order valence-corrected chi connectivity index (χ1v) is 4.30. The molecular formula is C10H12N2O3. The van der Waals surface area contributed by atoms with Gasteiger partial charge in [0, 0.05) is 12.6 Å². The lowest BCUT2D eigenvalue weighted by atomic mass is 10.1. The molecule has 0 heterocycles. The molecule has 0 spiro atoms.